The lowest BCUT2D eigenvalue weighted by atomic mass is 10.2. The van der Waals surface area contributed by atoms with E-state index in [1.54, 1.807) is 24.3 Å². The average molecular weight is 439 g/mol. The number of para-hydroxylation sites is 1. The Morgan fingerprint density at radius 3 is 2.35 bits per heavy atom. The van der Waals surface area contributed by atoms with Crippen LogP contribution in [0.1, 0.15) is 22.8 Å². The summed E-state index contributed by atoms with van der Waals surface area (Å²) >= 11 is 0. The van der Waals surface area contributed by atoms with E-state index in [0.717, 1.165) is 11.3 Å². The maximum atomic E-state index is 13.0. The van der Waals surface area contributed by atoms with Gasteiger partial charge in [-0.15, -0.1) is 0 Å². The number of nitrogens with one attached hydrogen (secondary N) is 1. The molecule has 0 heterocycles. The lowest BCUT2D eigenvalue weighted by molar-refractivity contribution is 0.0926. The summed E-state index contributed by atoms with van der Waals surface area (Å²) in [6.07, 6.45) is 0. The number of hydrogen-bond donors (Lipinski definition) is 1. The number of sulfonamides is 1. The highest BCUT2D eigenvalue weighted by molar-refractivity contribution is 7.92. The topological polar surface area (TPSA) is 75.7 Å². The van der Waals surface area contributed by atoms with Crippen molar-refractivity contribution < 1.29 is 17.9 Å². The Bertz CT molecular complexity index is 1130. The van der Waals surface area contributed by atoms with Gasteiger partial charge in [-0.05, 0) is 56.3 Å². The number of nitrogens with zero attached hydrogens (tertiary/aromatic N) is 1. The fraction of sp³-hybridized carbons (Fsp3) is 0.208. The normalized spacial score (nSPS) is 12.1. The molecule has 3 rings (SSSR count). The Hall–Kier alpha value is -3.32. The summed E-state index contributed by atoms with van der Waals surface area (Å²) in [5, 5.41) is 2.84. The predicted molar refractivity (Wildman–Crippen MR) is 122 cm³/mol. The lowest BCUT2D eigenvalue weighted by Crippen LogP contribution is -2.37. The van der Waals surface area contributed by atoms with Crippen LogP contribution in [0.3, 0.4) is 0 Å². The largest absolute Gasteiger partial charge is 0.491 e. The zero-order valence-corrected chi connectivity index (χ0v) is 18.6. The van der Waals surface area contributed by atoms with Crippen molar-refractivity contribution in [3.05, 3.63) is 90.0 Å². The van der Waals surface area contributed by atoms with Gasteiger partial charge >= 0.3 is 0 Å². The van der Waals surface area contributed by atoms with Crippen LogP contribution in [0.5, 0.6) is 5.75 Å². The van der Waals surface area contributed by atoms with Gasteiger partial charge in [0.25, 0.3) is 15.9 Å². The van der Waals surface area contributed by atoms with E-state index in [4.69, 9.17) is 4.74 Å². The third-order valence-corrected chi connectivity index (χ3v) is 6.55. The average Bonchev–Trinajstić information content (AvgIpc) is 2.78. The molecule has 0 radical (unpaired) electrons. The Balaban J connectivity index is 1.69. The van der Waals surface area contributed by atoms with E-state index in [1.165, 1.54) is 23.5 Å². The van der Waals surface area contributed by atoms with Crippen LogP contribution in [0.2, 0.25) is 0 Å². The highest BCUT2D eigenvalue weighted by atomic mass is 32.2. The molecule has 0 aliphatic carbocycles. The summed E-state index contributed by atoms with van der Waals surface area (Å²) in [5.41, 5.74) is 1.86. The zero-order valence-electron chi connectivity index (χ0n) is 17.8. The van der Waals surface area contributed by atoms with E-state index in [1.807, 2.05) is 56.3 Å². The van der Waals surface area contributed by atoms with Crippen molar-refractivity contribution in [2.24, 2.45) is 0 Å². The monoisotopic (exact) mass is 438 g/mol. The molecular weight excluding hydrogens is 412 g/mol. The van der Waals surface area contributed by atoms with Gasteiger partial charge < -0.3 is 10.1 Å². The molecule has 6 nitrogen and oxygen atoms in total. The van der Waals surface area contributed by atoms with Gasteiger partial charge in [-0.25, -0.2) is 8.42 Å². The Kier molecular flexibility index (Phi) is 6.97. The fourth-order valence-electron chi connectivity index (χ4n) is 2.94. The molecule has 0 saturated heterocycles. The minimum absolute atomic E-state index is 0.0522. The summed E-state index contributed by atoms with van der Waals surface area (Å²) in [5.74, 6) is 0.357. The summed E-state index contributed by atoms with van der Waals surface area (Å²) in [7, 11) is -2.31. The van der Waals surface area contributed by atoms with Crippen LogP contribution >= 0.6 is 0 Å². The summed E-state index contributed by atoms with van der Waals surface area (Å²) in [4.78, 5) is 12.7. The van der Waals surface area contributed by atoms with Crippen LogP contribution in [-0.4, -0.2) is 34.0 Å². The van der Waals surface area contributed by atoms with Crippen molar-refractivity contribution in [2.75, 3.05) is 18.0 Å². The zero-order chi connectivity index (χ0) is 22.4. The van der Waals surface area contributed by atoms with Gasteiger partial charge in [0.2, 0.25) is 0 Å². The molecule has 3 aromatic rings. The van der Waals surface area contributed by atoms with Crippen molar-refractivity contribution in [3.63, 3.8) is 0 Å². The molecule has 0 fully saturated rings. The summed E-state index contributed by atoms with van der Waals surface area (Å²) < 4.78 is 33.0. The molecule has 0 bridgehead atoms. The highest BCUT2D eigenvalue weighted by Crippen LogP contribution is 2.23. The van der Waals surface area contributed by atoms with Gasteiger partial charge in [-0.1, -0.05) is 42.0 Å². The first-order valence-corrected chi connectivity index (χ1v) is 11.4. The molecule has 31 heavy (non-hydrogen) atoms. The minimum atomic E-state index is -3.81. The molecule has 162 valence electrons. The minimum Gasteiger partial charge on any atom is -0.491 e. The number of carbonyl (C=O) groups excluding carboxylic acids is 1. The summed E-state index contributed by atoms with van der Waals surface area (Å²) in [6, 6.07) is 22.3. The van der Waals surface area contributed by atoms with Gasteiger partial charge in [0.05, 0.1) is 16.6 Å². The first-order valence-electron chi connectivity index (χ1n) is 9.92. The number of hydrogen-bond acceptors (Lipinski definition) is 4. The maximum Gasteiger partial charge on any atom is 0.264 e. The molecule has 0 spiro atoms. The number of amides is 1. The van der Waals surface area contributed by atoms with Crippen molar-refractivity contribution >= 4 is 21.6 Å². The molecule has 3 aromatic carbocycles. The standard InChI is InChI=1S/C24H26N2O4S/c1-18-12-14-21(15-13-18)26(3)31(28,29)23-11-7-8-20(16-23)24(27)25-19(2)17-30-22-9-5-4-6-10-22/h4-16,19H,17H2,1-3H3,(H,25,27). The van der Waals surface area contributed by atoms with E-state index in [0.29, 0.717) is 12.3 Å². The first-order chi connectivity index (χ1) is 14.8. The van der Waals surface area contributed by atoms with Gasteiger partial charge in [0.1, 0.15) is 12.4 Å². The second kappa shape index (κ2) is 9.66. The van der Waals surface area contributed by atoms with Crippen molar-refractivity contribution in [2.45, 2.75) is 24.8 Å². The number of benzene rings is 3. The van der Waals surface area contributed by atoms with Crippen LogP contribution in [0.4, 0.5) is 5.69 Å². The van der Waals surface area contributed by atoms with Gasteiger partial charge in [0, 0.05) is 12.6 Å². The van der Waals surface area contributed by atoms with E-state index in [2.05, 4.69) is 5.32 Å². The molecule has 0 saturated carbocycles. The van der Waals surface area contributed by atoms with Crippen LogP contribution in [0.25, 0.3) is 0 Å². The number of ether oxygens (including phenoxy) is 1. The van der Waals surface area contributed by atoms with Crippen LogP contribution < -0.4 is 14.4 Å². The van der Waals surface area contributed by atoms with Gasteiger partial charge in [0.15, 0.2) is 0 Å². The number of aryl methyl sites for hydroxylation is 1. The van der Waals surface area contributed by atoms with Crippen molar-refractivity contribution in [3.8, 4) is 5.75 Å². The van der Waals surface area contributed by atoms with Crippen molar-refractivity contribution in [1.29, 1.82) is 0 Å². The molecule has 1 amide bonds. The third-order valence-electron chi connectivity index (χ3n) is 4.77. The first kappa shape index (κ1) is 22.4. The van der Waals surface area contributed by atoms with Crippen LogP contribution in [-0.2, 0) is 10.0 Å². The summed E-state index contributed by atoms with van der Waals surface area (Å²) in [6.45, 7) is 4.06. The van der Waals surface area contributed by atoms with Crippen LogP contribution in [0, 0.1) is 6.92 Å². The van der Waals surface area contributed by atoms with E-state index < -0.39 is 10.0 Å². The highest BCUT2D eigenvalue weighted by Gasteiger charge is 2.22. The quantitative estimate of drug-likeness (QED) is 0.576. The second-order valence-corrected chi connectivity index (χ2v) is 9.30. The Labute approximate surface area is 183 Å². The molecule has 1 N–H and O–H groups in total. The van der Waals surface area contributed by atoms with Crippen molar-refractivity contribution in [1.82, 2.24) is 5.32 Å². The predicted octanol–water partition coefficient (Wildman–Crippen LogP) is 4.02. The molecule has 0 aromatic heterocycles. The molecule has 1 unspecified atom stereocenters. The SMILES string of the molecule is Cc1ccc(N(C)S(=O)(=O)c2cccc(C(=O)NC(C)COc3ccccc3)c2)cc1. The lowest BCUT2D eigenvalue weighted by Gasteiger charge is -2.20. The molecule has 0 aliphatic rings. The Morgan fingerprint density at radius 2 is 1.68 bits per heavy atom. The van der Waals surface area contributed by atoms with E-state index >= 15 is 0 Å². The molecule has 1 atom stereocenters. The number of anilines is 1. The maximum absolute atomic E-state index is 13.0. The van der Waals surface area contributed by atoms with Gasteiger partial charge in [-0.3, -0.25) is 9.10 Å². The molecular formula is C24H26N2O4S. The smallest absolute Gasteiger partial charge is 0.264 e. The van der Waals surface area contributed by atoms with E-state index in [-0.39, 0.29) is 22.4 Å². The third kappa shape index (κ3) is 5.64. The fourth-order valence-corrected chi connectivity index (χ4v) is 4.18. The Morgan fingerprint density at radius 1 is 1.00 bits per heavy atom. The van der Waals surface area contributed by atoms with E-state index in [9.17, 15) is 13.2 Å². The second-order valence-electron chi connectivity index (χ2n) is 7.33. The van der Waals surface area contributed by atoms with Crippen LogP contribution in [0.15, 0.2) is 83.8 Å². The number of rotatable bonds is 8. The molecule has 7 heteroatoms. The number of carbonyl (C=O) groups is 1. The van der Waals surface area contributed by atoms with Gasteiger partial charge in [-0.2, -0.15) is 0 Å². The molecule has 0 aliphatic heterocycles.